The van der Waals surface area contributed by atoms with E-state index in [4.69, 9.17) is 5.73 Å². The average Bonchev–Trinajstić information content (AvgIpc) is 3.27. The number of nitrogens with one attached hydrogen (secondary N) is 1. The Labute approximate surface area is 123 Å². The molecular formula is C14H21N5O2. The predicted octanol–water partition coefficient (Wildman–Crippen LogP) is 0.354. The largest absolute Gasteiger partial charge is 0.341 e. The van der Waals surface area contributed by atoms with Crippen LogP contribution in [-0.4, -0.2) is 46.1 Å². The lowest BCUT2D eigenvalue weighted by Gasteiger charge is -2.32. The van der Waals surface area contributed by atoms with Gasteiger partial charge in [0.2, 0.25) is 11.8 Å². The van der Waals surface area contributed by atoms with Gasteiger partial charge in [-0.05, 0) is 25.7 Å². The molecule has 0 spiro atoms. The molecule has 2 fully saturated rings. The van der Waals surface area contributed by atoms with Crippen molar-refractivity contribution in [1.29, 1.82) is 0 Å². The highest BCUT2D eigenvalue weighted by molar-refractivity contribution is 5.93. The lowest BCUT2D eigenvalue weighted by atomic mass is 10.1. The van der Waals surface area contributed by atoms with Gasteiger partial charge < -0.3 is 16.0 Å². The van der Waals surface area contributed by atoms with Crippen molar-refractivity contribution in [3.05, 3.63) is 12.3 Å². The van der Waals surface area contributed by atoms with E-state index in [1.807, 2.05) is 10.7 Å². The van der Waals surface area contributed by atoms with Crippen LogP contribution in [0.3, 0.4) is 0 Å². The van der Waals surface area contributed by atoms with Crippen LogP contribution in [0.15, 0.2) is 12.3 Å². The molecular weight excluding hydrogens is 270 g/mol. The van der Waals surface area contributed by atoms with E-state index in [1.54, 1.807) is 11.1 Å². The Morgan fingerprint density at radius 2 is 2.00 bits per heavy atom. The first-order chi connectivity index (χ1) is 10.2. The van der Waals surface area contributed by atoms with Crippen LogP contribution in [-0.2, 0) is 9.59 Å². The molecule has 1 aliphatic carbocycles. The highest BCUT2D eigenvalue weighted by Gasteiger charge is 2.31. The number of amides is 2. The van der Waals surface area contributed by atoms with Crippen molar-refractivity contribution in [3.63, 3.8) is 0 Å². The molecule has 1 saturated heterocycles. The molecule has 2 amide bonds. The minimum Gasteiger partial charge on any atom is -0.341 e. The molecule has 2 heterocycles. The Morgan fingerprint density at radius 3 is 2.62 bits per heavy atom. The molecule has 1 aliphatic heterocycles. The van der Waals surface area contributed by atoms with Crippen LogP contribution < -0.4 is 11.1 Å². The van der Waals surface area contributed by atoms with E-state index >= 15 is 0 Å². The molecule has 7 heteroatoms. The number of hydrogen-bond acceptors (Lipinski definition) is 4. The monoisotopic (exact) mass is 291 g/mol. The SMILES string of the molecule is NCC(=O)N1CCC(n2nccc2NC(=O)C2CC2)CC1. The standard InChI is InChI=1S/C14H21N5O2/c15-9-13(20)18-7-4-11(5-8-18)19-12(3-6-16-19)17-14(21)10-1-2-10/h3,6,10-11H,1-2,4-5,7-9,15H2,(H,17,21). The zero-order valence-electron chi connectivity index (χ0n) is 12.0. The molecule has 1 saturated carbocycles. The minimum atomic E-state index is -0.00354. The summed E-state index contributed by atoms with van der Waals surface area (Å²) < 4.78 is 1.88. The Morgan fingerprint density at radius 1 is 1.29 bits per heavy atom. The third-order valence-electron chi connectivity index (χ3n) is 4.21. The van der Waals surface area contributed by atoms with Gasteiger partial charge in [0.1, 0.15) is 5.82 Å². The van der Waals surface area contributed by atoms with Gasteiger partial charge in [0, 0.05) is 25.1 Å². The van der Waals surface area contributed by atoms with Gasteiger partial charge in [-0.3, -0.25) is 9.59 Å². The third-order valence-corrected chi connectivity index (χ3v) is 4.21. The fourth-order valence-corrected chi connectivity index (χ4v) is 2.77. The van der Waals surface area contributed by atoms with Crippen molar-refractivity contribution in [2.75, 3.05) is 25.0 Å². The van der Waals surface area contributed by atoms with Crippen molar-refractivity contribution in [2.45, 2.75) is 31.7 Å². The van der Waals surface area contributed by atoms with Gasteiger partial charge >= 0.3 is 0 Å². The first kappa shape index (κ1) is 14.1. The molecule has 114 valence electrons. The summed E-state index contributed by atoms with van der Waals surface area (Å²) in [5.74, 6) is 1.02. The highest BCUT2D eigenvalue weighted by Crippen LogP contribution is 2.31. The molecule has 3 N–H and O–H groups in total. The normalized spacial score (nSPS) is 19.6. The lowest BCUT2D eigenvalue weighted by Crippen LogP contribution is -2.42. The van der Waals surface area contributed by atoms with E-state index in [-0.39, 0.29) is 30.3 Å². The Hall–Kier alpha value is -1.89. The molecule has 1 aromatic rings. The smallest absolute Gasteiger partial charge is 0.236 e. The third kappa shape index (κ3) is 3.07. The van der Waals surface area contributed by atoms with E-state index in [0.717, 1.165) is 31.5 Å². The maximum atomic E-state index is 11.9. The van der Waals surface area contributed by atoms with Crippen molar-refractivity contribution >= 4 is 17.6 Å². The van der Waals surface area contributed by atoms with Gasteiger partial charge in [0.15, 0.2) is 0 Å². The lowest BCUT2D eigenvalue weighted by molar-refractivity contribution is -0.131. The van der Waals surface area contributed by atoms with Crippen LogP contribution in [0.25, 0.3) is 0 Å². The van der Waals surface area contributed by atoms with E-state index in [2.05, 4.69) is 10.4 Å². The number of anilines is 1. The first-order valence-corrected chi connectivity index (χ1v) is 7.51. The van der Waals surface area contributed by atoms with Gasteiger partial charge in [-0.25, -0.2) is 4.68 Å². The summed E-state index contributed by atoms with van der Waals surface area (Å²) in [4.78, 5) is 25.2. The number of rotatable bonds is 4. The first-order valence-electron chi connectivity index (χ1n) is 7.51. The zero-order valence-corrected chi connectivity index (χ0v) is 12.0. The fourth-order valence-electron chi connectivity index (χ4n) is 2.77. The summed E-state index contributed by atoms with van der Waals surface area (Å²) in [7, 11) is 0. The van der Waals surface area contributed by atoms with Crippen molar-refractivity contribution in [3.8, 4) is 0 Å². The van der Waals surface area contributed by atoms with Crippen LogP contribution in [0, 0.1) is 5.92 Å². The van der Waals surface area contributed by atoms with Gasteiger partial charge in [0.25, 0.3) is 0 Å². The summed E-state index contributed by atoms with van der Waals surface area (Å²) in [5, 5.41) is 7.29. The molecule has 0 unspecified atom stereocenters. The van der Waals surface area contributed by atoms with Crippen LogP contribution >= 0.6 is 0 Å². The predicted molar refractivity (Wildman–Crippen MR) is 77.5 cm³/mol. The Bertz CT molecular complexity index is 529. The summed E-state index contributed by atoms with van der Waals surface area (Å²) in [6.07, 6.45) is 5.35. The molecule has 0 radical (unpaired) electrons. The van der Waals surface area contributed by atoms with Crippen LogP contribution in [0.5, 0.6) is 0 Å². The summed E-state index contributed by atoms with van der Waals surface area (Å²) in [5.41, 5.74) is 5.39. The summed E-state index contributed by atoms with van der Waals surface area (Å²) in [6.45, 7) is 1.45. The highest BCUT2D eigenvalue weighted by atomic mass is 16.2. The van der Waals surface area contributed by atoms with Crippen molar-refractivity contribution < 1.29 is 9.59 Å². The molecule has 0 bridgehead atoms. The number of nitrogens with zero attached hydrogens (tertiary/aromatic N) is 3. The molecule has 21 heavy (non-hydrogen) atoms. The molecule has 7 nitrogen and oxygen atoms in total. The maximum absolute atomic E-state index is 11.9. The number of hydrogen-bond donors (Lipinski definition) is 2. The number of carbonyl (C=O) groups is 2. The minimum absolute atomic E-state index is 0.00354. The quantitative estimate of drug-likeness (QED) is 0.837. The number of piperidine rings is 1. The van der Waals surface area contributed by atoms with E-state index < -0.39 is 0 Å². The van der Waals surface area contributed by atoms with Crippen LogP contribution in [0.4, 0.5) is 5.82 Å². The number of aromatic nitrogens is 2. The van der Waals surface area contributed by atoms with Crippen molar-refractivity contribution in [1.82, 2.24) is 14.7 Å². The summed E-state index contributed by atoms with van der Waals surface area (Å²) in [6, 6.07) is 2.05. The van der Waals surface area contributed by atoms with E-state index in [9.17, 15) is 9.59 Å². The van der Waals surface area contributed by atoms with Crippen molar-refractivity contribution in [2.24, 2.45) is 11.7 Å². The molecule has 2 aliphatic rings. The average molecular weight is 291 g/mol. The van der Waals surface area contributed by atoms with Gasteiger partial charge in [-0.1, -0.05) is 0 Å². The second-order valence-electron chi connectivity index (χ2n) is 5.74. The van der Waals surface area contributed by atoms with Gasteiger partial charge in [0.05, 0.1) is 18.8 Å². The molecule has 0 atom stereocenters. The molecule has 1 aromatic heterocycles. The molecule has 0 aromatic carbocycles. The summed E-state index contributed by atoms with van der Waals surface area (Å²) >= 11 is 0. The Balaban J connectivity index is 1.61. The van der Waals surface area contributed by atoms with Gasteiger partial charge in [-0.15, -0.1) is 0 Å². The van der Waals surface area contributed by atoms with Gasteiger partial charge in [-0.2, -0.15) is 5.10 Å². The van der Waals surface area contributed by atoms with E-state index in [0.29, 0.717) is 13.1 Å². The van der Waals surface area contributed by atoms with Crippen LogP contribution in [0.2, 0.25) is 0 Å². The Kier molecular flexibility index (Phi) is 3.92. The fraction of sp³-hybridized carbons (Fsp3) is 0.643. The number of likely N-dealkylation sites (tertiary alicyclic amines) is 1. The second kappa shape index (κ2) is 5.85. The number of carbonyl (C=O) groups excluding carboxylic acids is 2. The zero-order chi connectivity index (χ0) is 14.8. The maximum Gasteiger partial charge on any atom is 0.236 e. The molecule has 3 rings (SSSR count). The second-order valence-corrected chi connectivity index (χ2v) is 5.74. The van der Waals surface area contributed by atoms with Crippen LogP contribution in [0.1, 0.15) is 31.7 Å². The topological polar surface area (TPSA) is 93.2 Å². The van der Waals surface area contributed by atoms with E-state index in [1.165, 1.54) is 0 Å². The number of nitrogens with two attached hydrogens (primary N) is 1.